The Bertz CT molecular complexity index is 1310. The Morgan fingerprint density at radius 2 is 2.09 bits per heavy atom. The Morgan fingerprint density at radius 3 is 2.80 bits per heavy atom. The van der Waals surface area contributed by atoms with Gasteiger partial charge in [0.15, 0.2) is 6.17 Å². The van der Waals surface area contributed by atoms with Crippen molar-refractivity contribution in [1.82, 2.24) is 20.0 Å². The average Bonchev–Trinajstić information content (AvgIpc) is 3.55. The van der Waals surface area contributed by atoms with Crippen LogP contribution in [0, 0.1) is 23.1 Å². The molecule has 6 rings (SSSR count). The summed E-state index contributed by atoms with van der Waals surface area (Å²) in [5.74, 6) is 0.104. The van der Waals surface area contributed by atoms with E-state index < -0.39 is 0 Å². The zero-order chi connectivity index (χ0) is 31.9. The van der Waals surface area contributed by atoms with Gasteiger partial charge in [-0.15, -0.1) is 0 Å². The van der Waals surface area contributed by atoms with Crippen molar-refractivity contribution >= 4 is 11.6 Å². The number of likely N-dealkylation sites (N-methyl/N-ethyl adjacent to an activating group) is 2. The molecule has 3 saturated heterocycles. The summed E-state index contributed by atoms with van der Waals surface area (Å²) in [6.07, 6.45) is 8.18. The Hall–Kier alpha value is -2.55. The van der Waals surface area contributed by atoms with Crippen LogP contribution in [0.4, 0.5) is 10.1 Å². The molecule has 1 aliphatic carbocycles. The highest BCUT2D eigenvalue weighted by Gasteiger charge is 2.60. The summed E-state index contributed by atoms with van der Waals surface area (Å²) in [4.78, 5) is 21.9. The first kappa shape index (κ1) is 32.4. The van der Waals surface area contributed by atoms with Crippen molar-refractivity contribution in [3.63, 3.8) is 0 Å². The van der Waals surface area contributed by atoms with Gasteiger partial charge in [0, 0.05) is 62.3 Å². The number of carbonyl (C=O) groups excluding carboxylic acids is 1. The molecular formula is C35H53FN7O2+. The lowest BCUT2D eigenvalue weighted by Gasteiger charge is -2.61. The van der Waals surface area contributed by atoms with Crippen LogP contribution in [0.3, 0.4) is 0 Å². The van der Waals surface area contributed by atoms with Crippen molar-refractivity contribution in [3.05, 3.63) is 42.2 Å². The van der Waals surface area contributed by atoms with E-state index in [2.05, 4.69) is 60.7 Å². The number of ether oxygens (including phenoxy) is 1. The number of amides is 1. The number of quaternary nitrogens is 1. The molecule has 5 unspecified atom stereocenters. The Labute approximate surface area is 269 Å². The van der Waals surface area contributed by atoms with E-state index in [1.54, 1.807) is 12.1 Å². The van der Waals surface area contributed by atoms with Gasteiger partial charge in [0.2, 0.25) is 5.91 Å². The van der Waals surface area contributed by atoms with Gasteiger partial charge in [0.05, 0.1) is 38.7 Å². The van der Waals surface area contributed by atoms with Crippen LogP contribution in [-0.2, 0) is 14.9 Å². The fourth-order valence-electron chi connectivity index (χ4n) is 9.86. The van der Waals surface area contributed by atoms with Gasteiger partial charge in [-0.05, 0) is 75.9 Å². The maximum atomic E-state index is 14.3. The lowest BCUT2D eigenvalue weighted by molar-refractivity contribution is -1.000. The zero-order valence-electron chi connectivity index (χ0n) is 27.8. The van der Waals surface area contributed by atoms with Crippen molar-refractivity contribution in [3.8, 4) is 6.07 Å². The second-order valence-electron chi connectivity index (χ2n) is 14.7. The monoisotopic (exact) mass is 622 g/mol. The van der Waals surface area contributed by atoms with Gasteiger partial charge in [-0.2, -0.15) is 5.26 Å². The van der Waals surface area contributed by atoms with Crippen LogP contribution in [0.25, 0.3) is 0 Å². The van der Waals surface area contributed by atoms with Crippen LogP contribution in [0.15, 0.2) is 30.9 Å². The van der Waals surface area contributed by atoms with Crippen LogP contribution in [0.2, 0.25) is 0 Å². The van der Waals surface area contributed by atoms with Crippen molar-refractivity contribution < 1.29 is 18.4 Å². The number of nitriles is 1. The number of hydrogen-bond acceptors (Lipinski definition) is 7. The van der Waals surface area contributed by atoms with Gasteiger partial charge in [-0.3, -0.25) is 9.28 Å². The third-order valence-corrected chi connectivity index (χ3v) is 11.9. The number of carbonyl (C=O) groups is 1. The highest BCUT2D eigenvalue weighted by molar-refractivity contribution is 5.87. The highest BCUT2D eigenvalue weighted by atomic mass is 19.1. The second kappa shape index (κ2) is 12.9. The van der Waals surface area contributed by atoms with E-state index in [4.69, 9.17) is 4.74 Å². The summed E-state index contributed by atoms with van der Waals surface area (Å²) in [6.45, 7) is 11.7. The molecule has 1 aromatic carbocycles. The molecule has 4 fully saturated rings. The van der Waals surface area contributed by atoms with E-state index in [-0.39, 0.29) is 41.7 Å². The fraction of sp³-hybridized carbons (Fsp3) is 0.714. The quantitative estimate of drug-likeness (QED) is 0.352. The van der Waals surface area contributed by atoms with E-state index in [1.807, 2.05) is 11.0 Å². The van der Waals surface area contributed by atoms with Gasteiger partial charge in [0.1, 0.15) is 5.82 Å². The van der Waals surface area contributed by atoms with Crippen molar-refractivity contribution in [2.75, 3.05) is 71.9 Å². The smallest absolute Gasteiger partial charge is 0.254 e. The SMILES string of the molecule is C=CC(=O)N1CCN(C2C3CC[C@]4(CC3NC(OC[C@H]3CCCN3C)[N+]2(C)CCC)CN(C)c2cc(F)ccc24)C[C@H]1CC#N. The van der Waals surface area contributed by atoms with Crippen LogP contribution < -0.4 is 10.2 Å². The van der Waals surface area contributed by atoms with E-state index in [0.29, 0.717) is 38.1 Å². The lowest BCUT2D eigenvalue weighted by atomic mass is 9.63. The number of piperazine rings is 1. The summed E-state index contributed by atoms with van der Waals surface area (Å²) in [5, 5.41) is 13.8. The zero-order valence-corrected chi connectivity index (χ0v) is 27.8. The third kappa shape index (κ3) is 5.80. The van der Waals surface area contributed by atoms with Crippen LogP contribution in [0.5, 0.6) is 0 Å². The minimum absolute atomic E-state index is 0.0311. The molecule has 1 N–H and O–H groups in total. The minimum atomic E-state index is -0.179. The second-order valence-corrected chi connectivity index (χ2v) is 14.7. The summed E-state index contributed by atoms with van der Waals surface area (Å²) in [5.41, 5.74) is 2.26. The molecule has 1 amide bonds. The normalized spacial score (nSPS) is 37.0. The molecule has 10 heteroatoms. The van der Waals surface area contributed by atoms with E-state index in [1.165, 1.54) is 18.1 Å². The molecule has 0 bridgehead atoms. The highest BCUT2D eigenvalue weighted by Crippen LogP contribution is 2.53. The third-order valence-electron chi connectivity index (χ3n) is 11.9. The molecule has 4 aliphatic heterocycles. The van der Waals surface area contributed by atoms with Gasteiger partial charge >= 0.3 is 0 Å². The molecule has 246 valence electrons. The first-order chi connectivity index (χ1) is 21.6. The molecule has 0 radical (unpaired) electrons. The predicted molar refractivity (Wildman–Crippen MR) is 174 cm³/mol. The van der Waals surface area contributed by atoms with E-state index in [9.17, 15) is 14.4 Å². The van der Waals surface area contributed by atoms with Crippen LogP contribution >= 0.6 is 0 Å². The predicted octanol–water partition coefficient (Wildman–Crippen LogP) is 3.47. The first-order valence-electron chi connectivity index (χ1n) is 17.1. The number of likely N-dealkylation sites (tertiary alicyclic amines) is 1. The summed E-state index contributed by atoms with van der Waals surface area (Å²) in [6, 6.07) is 8.20. The average molecular weight is 623 g/mol. The van der Waals surface area contributed by atoms with Crippen molar-refractivity contribution in [1.29, 1.82) is 5.26 Å². The molecule has 1 saturated carbocycles. The van der Waals surface area contributed by atoms with E-state index in [0.717, 1.165) is 68.5 Å². The van der Waals surface area contributed by atoms with Gasteiger partial charge < -0.3 is 19.4 Å². The number of rotatable bonds is 8. The van der Waals surface area contributed by atoms with Crippen LogP contribution in [0.1, 0.15) is 57.4 Å². The number of anilines is 1. The Morgan fingerprint density at radius 1 is 1.27 bits per heavy atom. The number of hydrogen-bond donors (Lipinski definition) is 1. The molecule has 9 nitrogen and oxygen atoms in total. The molecule has 1 aromatic rings. The molecule has 0 aromatic heterocycles. The Kier molecular flexibility index (Phi) is 9.30. The van der Waals surface area contributed by atoms with Crippen LogP contribution in [-0.4, -0.2) is 123 Å². The standard InChI is InChI=1S/C35H53FN7O2/c1-6-19-43(5)33(41-17-18-42(32(44)7-2)26(22-41)13-15-37)28-12-14-35(24-40(4)31-20-25(36)10-11-29(31)35)21-30(28)38-34(43)45-23-27-9-8-16-39(27)3/h7,10-11,20,26-28,30,33-34,38H,2,6,8-9,12-14,16-19,21-24H2,1,3-5H3/q+1/t26-,27-,28?,30?,33?,34?,35+,43?/m1/s1. The number of nitrogens with one attached hydrogen (secondary N) is 1. The Balaban J connectivity index is 1.34. The summed E-state index contributed by atoms with van der Waals surface area (Å²) < 4.78 is 22.1. The summed E-state index contributed by atoms with van der Waals surface area (Å²) in [7, 11) is 6.66. The van der Waals surface area contributed by atoms with Gasteiger partial charge in [-0.25, -0.2) is 14.6 Å². The minimum Gasteiger partial charge on any atom is -0.373 e. The first-order valence-corrected chi connectivity index (χ1v) is 17.1. The molecule has 1 spiro atoms. The molecule has 45 heavy (non-hydrogen) atoms. The number of nitrogens with zero attached hydrogens (tertiary/aromatic N) is 6. The van der Waals surface area contributed by atoms with Gasteiger partial charge in [-0.1, -0.05) is 19.6 Å². The molecule has 8 atom stereocenters. The maximum Gasteiger partial charge on any atom is 0.254 e. The fourth-order valence-corrected chi connectivity index (χ4v) is 9.86. The topological polar surface area (TPSA) is 75.1 Å². The van der Waals surface area contributed by atoms with E-state index >= 15 is 0 Å². The molecule has 5 aliphatic rings. The molecular weight excluding hydrogens is 569 g/mol. The molecule has 4 heterocycles. The number of halogens is 1. The number of benzene rings is 1. The largest absolute Gasteiger partial charge is 0.373 e. The summed E-state index contributed by atoms with van der Waals surface area (Å²) >= 11 is 0. The maximum absolute atomic E-state index is 14.3. The van der Waals surface area contributed by atoms with Gasteiger partial charge in [0.25, 0.3) is 6.35 Å². The number of fused-ring (bicyclic) bond motifs is 3. The lowest BCUT2D eigenvalue weighted by Crippen LogP contribution is -2.80. The van der Waals surface area contributed by atoms with Crippen molar-refractivity contribution in [2.24, 2.45) is 5.92 Å². The van der Waals surface area contributed by atoms with Crippen molar-refractivity contribution in [2.45, 2.75) is 87.9 Å².